The summed E-state index contributed by atoms with van der Waals surface area (Å²) in [6.45, 7) is 1.66. The molecule has 0 spiro atoms. The molecule has 1 aromatic heterocycles. The molecule has 1 aliphatic rings. The van der Waals surface area contributed by atoms with Crippen LogP contribution in [0, 0.1) is 0 Å². The molecule has 1 aromatic carbocycles. The average molecular weight is 302 g/mol. The second-order valence-corrected chi connectivity index (χ2v) is 5.47. The van der Waals surface area contributed by atoms with Crippen LogP contribution in [0.4, 0.5) is 0 Å². The van der Waals surface area contributed by atoms with Gasteiger partial charge in [-0.05, 0) is 19.1 Å². The molecule has 2 amide bonds. The number of thiazole rings is 1. The van der Waals surface area contributed by atoms with Crippen LogP contribution in [0.3, 0.4) is 0 Å². The van der Waals surface area contributed by atoms with Gasteiger partial charge in [-0.15, -0.1) is 11.3 Å². The molecule has 21 heavy (non-hydrogen) atoms. The largest absolute Gasteiger partial charge is 0.476 e. The third-order valence-corrected chi connectivity index (χ3v) is 4.33. The number of benzene rings is 1. The minimum atomic E-state index is -1.13. The molecular formula is C14H10N2O4S. The third-order valence-electron chi connectivity index (χ3n) is 3.31. The van der Waals surface area contributed by atoms with Crippen molar-refractivity contribution in [3.63, 3.8) is 0 Å². The number of imide groups is 1. The Kier molecular flexibility index (Phi) is 3.06. The number of aromatic nitrogens is 1. The van der Waals surface area contributed by atoms with Gasteiger partial charge in [0.1, 0.15) is 5.01 Å². The molecule has 0 fully saturated rings. The van der Waals surface area contributed by atoms with E-state index in [1.54, 1.807) is 31.2 Å². The lowest BCUT2D eigenvalue weighted by Gasteiger charge is -2.20. The van der Waals surface area contributed by atoms with E-state index in [0.717, 1.165) is 16.2 Å². The van der Waals surface area contributed by atoms with Crippen LogP contribution in [0.5, 0.6) is 0 Å². The van der Waals surface area contributed by atoms with Crippen LogP contribution in [-0.2, 0) is 0 Å². The van der Waals surface area contributed by atoms with Crippen molar-refractivity contribution < 1.29 is 19.5 Å². The highest BCUT2D eigenvalue weighted by atomic mass is 32.1. The Balaban J connectivity index is 1.96. The fourth-order valence-corrected chi connectivity index (χ4v) is 3.09. The predicted molar refractivity (Wildman–Crippen MR) is 74.4 cm³/mol. The van der Waals surface area contributed by atoms with Crippen LogP contribution in [0.15, 0.2) is 29.6 Å². The number of hydrogen-bond acceptors (Lipinski definition) is 5. The SMILES string of the molecule is CC(c1nc(C(=O)O)cs1)N1C(=O)c2ccccc2C1=O. The molecule has 2 aromatic rings. The summed E-state index contributed by atoms with van der Waals surface area (Å²) in [4.78, 5) is 40.6. The monoisotopic (exact) mass is 302 g/mol. The lowest BCUT2D eigenvalue weighted by Crippen LogP contribution is -2.32. The molecule has 1 N–H and O–H groups in total. The van der Waals surface area contributed by atoms with E-state index in [0.29, 0.717) is 16.1 Å². The summed E-state index contributed by atoms with van der Waals surface area (Å²) in [5.74, 6) is -1.89. The van der Waals surface area contributed by atoms with Gasteiger partial charge in [-0.1, -0.05) is 12.1 Å². The third kappa shape index (κ3) is 2.02. The fourth-order valence-electron chi connectivity index (χ4n) is 2.25. The number of carboxylic acids is 1. The minimum Gasteiger partial charge on any atom is -0.476 e. The molecule has 106 valence electrons. The number of carbonyl (C=O) groups excluding carboxylic acids is 2. The van der Waals surface area contributed by atoms with E-state index in [2.05, 4.69) is 4.98 Å². The zero-order chi connectivity index (χ0) is 15.1. The smallest absolute Gasteiger partial charge is 0.355 e. The van der Waals surface area contributed by atoms with Crippen molar-refractivity contribution in [2.75, 3.05) is 0 Å². The van der Waals surface area contributed by atoms with E-state index in [1.165, 1.54) is 5.38 Å². The maximum Gasteiger partial charge on any atom is 0.355 e. The highest BCUT2D eigenvalue weighted by molar-refractivity contribution is 7.09. The van der Waals surface area contributed by atoms with E-state index in [4.69, 9.17) is 5.11 Å². The summed E-state index contributed by atoms with van der Waals surface area (Å²) in [5, 5.41) is 10.7. The standard InChI is InChI=1S/C14H10N2O4S/c1-7(11-15-10(6-21-11)14(19)20)16-12(17)8-4-2-3-5-9(8)13(16)18/h2-7H,1H3,(H,19,20). The van der Waals surface area contributed by atoms with Crippen molar-refractivity contribution in [3.8, 4) is 0 Å². The van der Waals surface area contributed by atoms with Gasteiger partial charge < -0.3 is 5.11 Å². The summed E-state index contributed by atoms with van der Waals surface area (Å²) in [6.07, 6.45) is 0. The van der Waals surface area contributed by atoms with Crippen LogP contribution in [0.1, 0.15) is 49.2 Å². The van der Waals surface area contributed by atoms with Gasteiger partial charge in [-0.3, -0.25) is 14.5 Å². The number of fused-ring (bicyclic) bond motifs is 1. The molecule has 0 saturated heterocycles. The molecule has 6 nitrogen and oxygen atoms in total. The van der Waals surface area contributed by atoms with Gasteiger partial charge in [-0.25, -0.2) is 9.78 Å². The van der Waals surface area contributed by atoms with Gasteiger partial charge in [0.15, 0.2) is 5.69 Å². The van der Waals surface area contributed by atoms with Gasteiger partial charge in [0.25, 0.3) is 11.8 Å². The Bertz CT molecular complexity index is 733. The topological polar surface area (TPSA) is 87.6 Å². The van der Waals surface area contributed by atoms with Crippen molar-refractivity contribution in [1.29, 1.82) is 0 Å². The quantitative estimate of drug-likeness (QED) is 0.878. The lowest BCUT2D eigenvalue weighted by molar-refractivity contribution is 0.0595. The first-order valence-corrected chi connectivity index (χ1v) is 7.04. The minimum absolute atomic E-state index is 0.0848. The fraction of sp³-hybridized carbons (Fsp3) is 0.143. The number of carboxylic acid groups (broad SMARTS) is 1. The summed E-state index contributed by atoms with van der Waals surface area (Å²) in [6, 6.07) is 6.00. The van der Waals surface area contributed by atoms with Crippen LogP contribution >= 0.6 is 11.3 Å². The number of hydrogen-bond donors (Lipinski definition) is 1. The second kappa shape index (κ2) is 4.78. The number of amides is 2. The molecular weight excluding hydrogens is 292 g/mol. The van der Waals surface area contributed by atoms with Gasteiger partial charge in [0.05, 0.1) is 17.2 Å². The maximum atomic E-state index is 12.3. The molecule has 2 heterocycles. The van der Waals surface area contributed by atoms with Crippen molar-refractivity contribution in [3.05, 3.63) is 51.5 Å². The predicted octanol–water partition coefficient (Wildman–Crippen LogP) is 2.20. The molecule has 3 rings (SSSR count). The van der Waals surface area contributed by atoms with Crippen molar-refractivity contribution in [2.45, 2.75) is 13.0 Å². The molecule has 0 bridgehead atoms. The molecule has 7 heteroatoms. The highest BCUT2D eigenvalue weighted by Crippen LogP contribution is 2.32. The van der Waals surface area contributed by atoms with Crippen molar-refractivity contribution >= 4 is 29.1 Å². The van der Waals surface area contributed by atoms with Crippen LogP contribution in [0.25, 0.3) is 0 Å². The normalized spacial score (nSPS) is 15.2. The molecule has 1 atom stereocenters. The highest BCUT2D eigenvalue weighted by Gasteiger charge is 2.39. The van der Waals surface area contributed by atoms with Gasteiger partial charge in [0, 0.05) is 5.38 Å². The Morgan fingerprint density at radius 1 is 1.24 bits per heavy atom. The van der Waals surface area contributed by atoms with Gasteiger partial charge >= 0.3 is 5.97 Å². The van der Waals surface area contributed by atoms with Crippen LogP contribution < -0.4 is 0 Å². The molecule has 1 unspecified atom stereocenters. The Labute approximate surface area is 123 Å². The molecule has 0 saturated carbocycles. The van der Waals surface area contributed by atoms with E-state index < -0.39 is 12.0 Å². The van der Waals surface area contributed by atoms with Crippen LogP contribution in [-0.4, -0.2) is 32.8 Å². The second-order valence-electron chi connectivity index (χ2n) is 4.58. The first-order valence-electron chi connectivity index (χ1n) is 6.16. The van der Waals surface area contributed by atoms with E-state index in [9.17, 15) is 14.4 Å². The Morgan fingerprint density at radius 2 is 1.81 bits per heavy atom. The Hall–Kier alpha value is -2.54. The first-order chi connectivity index (χ1) is 10.0. The summed E-state index contributed by atoms with van der Waals surface area (Å²) < 4.78 is 0. The summed E-state index contributed by atoms with van der Waals surface area (Å²) in [5.41, 5.74) is 0.646. The summed E-state index contributed by atoms with van der Waals surface area (Å²) in [7, 11) is 0. The van der Waals surface area contributed by atoms with E-state index in [1.807, 2.05) is 0 Å². The van der Waals surface area contributed by atoms with E-state index >= 15 is 0 Å². The number of aromatic carboxylic acids is 1. The van der Waals surface area contributed by atoms with Gasteiger partial charge in [-0.2, -0.15) is 0 Å². The Morgan fingerprint density at radius 3 is 2.29 bits per heavy atom. The van der Waals surface area contributed by atoms with Gasteiger partial charge in [0.2, 0.25) is 0 Å². The van der Waals surface area contributed by atoms with E-state index in [-0.39, 0.29) is 17.5 Å². The first kappa shape index (κ1) is 13.4. The number of nitrogens with zero attached hydrogens (tertiary/aromatic N) is 2. The van der Waals surface area contributed by atoms with Crippen molar-refractivity contribution in [2.24, 2.45) is 0 Å². The van der Waals surface area contributed by atoms with Crippen LogP contribution in [0.2, 0.25) is 0 Å². The van der Waals surface area contributed by atoms with Crippen molar-refractivity contribution in [1.82, 2.24) is 9.88 Å². The maximum absolute atomic E-state index is 12.3. The molecule has 0 radical (unpaired) electrons. The molecule has 1 aliphatic heterocycles. The zero-order valence-corrected chi connectivity index (χ0v) is 11.8. The average Bonchev–Trinajstić information content (AvgIpc) is 3.05. The zero-order valence-electron chi connectivity index (χ0n) is 10.9. The molecule has 0 aliphatic carbocycles. The number of carbonyl (C=O) groups is 3. The lowest BCUT2D eigenvalue weighted by atomic mass is 10.1. The summed E-state index contributed by atoms with van der Waals surface area (Å²) >= 11 is 1.12. The number of rotatable bonds is 3.